The zero-order valence-electron chi connectivity index (χ0n) is 10.3. The van der Waals surface area contributed by atoms with Crippen LogP contribution in [-0.4, -0.2) is 19.7 Å². The highest BCUT2D eigenvalue weighted by Gasteiger charge is 2.42. The lowest BCUT2D eigenvalue weighted by Gasteiger charge is -2.31. The predicted octanol–water partition coefficient (Wildman–Crippen LogP) is 2.08. The van der Waals surface area contributed by atoms with E-state index in [1.54, 1.807) is 12.1 Å². The molecule has 3 nitrogen and oxygen atoms in total. The van der Waals surface area contributed by atoms with Gasteiger partial charge in [0.15, 0.2) is 9.84 Å². The fourth-order valence-corrected chi connectivity index (χ4v) is 4.74. The molecule has 1 aliphatic rings. The minimum Gasteiger partial charge on any atom is -0.325 e. The van der Waals surface area contributed by atoms with Gasteiger partial charge in [0, 0.05) is 11.5 Å². The Hall–Kier alpha value is -0.870. The molecule has 0 spiro atoms. The Morgan fingerprint density at radius 2 is 2.06 bits per heavy atom. The second-order valence-corrected chi connectivity index (χ2v) is 7.13. The summed E-state index contributed by atoms with van der Waals surface area (Å²) >= 11 is 0. The van der Waals surface area contributed by atoms with E-state index in [1.165, 1.54) is 0 Å². The van der Waals surface area contributed by atoms with E-state index in [0.29, 0.717) is 4.90 Å². The highest BCUT2D eigenvalue weighted by atomic mass is 32.2. The lowest BCUT2D eigenvalue weighted by atomic mass is 9.80. The average molecular weight is 253 g/mol. The molecule has 4 heteroatoms. The van der Waals surface area contributed by atoms with Crippen molar-refractivity contribution in [1.29, 1.82) is 0 Å². The molecular formula is C13H19NO2S. The zero-order chi connectivity index (χ0) is 12.7. The molecule has 17 heavy (non-hydrogen) atoms. The van der Waals surface area contributed by atoms with Crippen LogP contribution in [0.25, 0.3) is 0 Å². The molecule has 0 bridgehead atoms. The summed E-state index contributed by atoms with van der Waals surface area (Å²) in [6.45, 7) is 4.03. The van der Waals surface area contributed by atoms with Gasteiger partial charge in [0.05, 0.1) is 10.6 Å². The van der Waals surface area contributed by atoms with Gasteiger partial charge in [-0.1, -0.05) is 31.5 Å². The van der Waals surface area contributed by atoms with E-state index < -0.39 is 15.4 Å². The molecule has 94 valence electrons. The number of benzene rings is 1. The quantitative estimate of drug-likeness (QED) is 0.897. The van der Waals surface area contributed by atoms with Crippen LogP contribution in [0.3, 0.4) is 0 Å². The second kappa shape index (κ2) is 4.10. The van der Waals surface area contributed by atoms with E-state index in [9.17, 15) is 8.42 Å². The number of rotatable bonds is 3. The summed E-state index contributed by atoms with van der Waals surface area (Å²) in [6.07, 6.45) is 1.80. The van der Waals surface area contributed by atoms with Crippen LogP contribution in [0.4, 0.5) is 0 Å². The van der Waals surface area contributed by atoms with Crippen LogP contribution >= 0.6 is 0 Å². The zero-order valence-corrected chi connectivity index (χ0v) is 11.1. The number of nitrogens with two attached hydrogens (primary N) is 1. The van der Waals surface area contributed by atoms with Crippen molar-refractivity contribution in [2.75, 3.05) is 5.75 Å². The molecule has 0 saturated carbocycles. The van der Waals surface area contributed by atoms with Crippen molar-refractivity contribution in [3.05, 3.63) is 29.8 Å². The summed E-state index contributed by atoms with van der Waals surface area (Å²) < 4.78 is 24.1. The van der Waals surface area contributed by atoms with Gasteiger partial charge in [0.25, 0.3) is 0 Å². The van der Waals surface area contributed by atoms with Crippen LogP contribution in [0.2, 0.25) is 0 Å². The van der Waals surface area contributed by atoms with Gasteiger partial charge < -0.3 is 5.73 Å². The molecule has 2 unspecified atom stereocenters. The van der Waals surface area contributed by atoms with Crippen molar-refractivity contribution in [2.24, 2.45) is 5.73 Å². The molecule has 2 rings (SSSR count). The summed E-state index contributed by atoms with van der Waals surface area (Å²) in [7, 11) is -3.14. The van der Waals surface area contributed by atoms with E-state index in [1.807, 2.05) is 19.1 Å². The van der Waals surface area contributed by atoms with Crippen molar-refractivity contribution < 1.29 is 8.42 Å². The first-order valence-corrected chi connectivity index (χ1v) is 7.64. The summed E-state index contributed by atoms with van der Waals surface area (Å²) in [5.41, 5.74) is 6.75. The Kier molecular flexibility index (Phi) is 3.04. The maximum Gasteiger partial charge on any atom is 0.179 e. The number of hydrogen-bond donors (Lipinski definition) is 1. The first-order valence-electron chi connectivity index (χ1n) is 5.99. The van der Waals surface area contributed by atoms with Gasteiger partial charge in [-0.2, -0.15) is 0 Å². The van der Waals surface area contributed by atoms with Crippen molar-refractivity contribution >= 4 is 9.84 Å². The molecule has 0 saturated heterocycles. The number of fused-ring (bicyclic) bond motifs is 1. The minimum atomic E-state index is -3.14. The maximum absolute atomic E-state index is 12.1. The third kappa shape index (κ3) is 2.11. The standard InChI is InChI=1S/C13H19NO2S/c1-3-8-13(2,14)11-9-17(15,16)12-7-5-4-6-10(11)12/h4-7,11H,3,8-9,14H2,1-2H3. The third-order valence-corrected chi connectivity index (χ3v) is 5.41. The fourth-order valence-electron chi connectivity index (χ4n) is 2.71. The summed E-state index contributed by atoms with van der Waals surface area (Å²) in [6, 6.07) is 7.24. The Labute approximate surface area is 103 Å². The van der Waals surface area contributed by atoms with Gasteiger partial charge in [-0.25, -0.2) is 8.42 Å². The lowest BCUT2D eigenvalue weighted by molar-refractivity contribution is 0.367. The van der Waals surface area contributed by atoms with Gasteiger partial charge in [-0.3, -0.25) is 0 Å². The van der Waals surface area contributed by atoms with Crippen molar-refractivity contribution in [3.63, 3.8) is 0 Å². The highest BCUT2D eigenvalue weighted by molar-refractivity contribution is 7.91. The summed E-state index contributed by atoms with van der Waals surface area (Å²) in [5, 5.41) is 0. The van der Waals surface area contributed by atoms with Crippen LogP contribution < -0.4 is 5.73 Å². The first kappa shape index (κ1) is 12.6. The summed E-state index contributed by atoms with van der Waals surface area (Å²) in [4.78, 5) is 0.470. The third-order valence-electron chi connectivity index (χ3n) is 3.60. The van der Waals surface area contributed by atoms with E-state index in [4.69, 9.17) is 5.73 Å². The SMILES string of the molecule is CCCC(C)(N)C1CS(=O)(=O)c2ccccc21. The van der Waals surface area contributed by atoms with E-state index >= 15 is 0 Å². The topological polar surface area (TPSA) is 60.2 Å². The first-order chi connectivity index (χ1) is 7.88. The van der Waals surface area contributed by atoms with Crippen LogP contribution in [0.5, 0.6) is 0 Å². The summed E-state index contributed by atoms with van der Waals surface area (Å²) in [5.74, 6) is 0.0722. The van der Waals surface area contributed by atoms with Crippen LogP contribution in [0.15, 0.2) is 29.2 Å². The van der Waals surface area contributed by atoms with E-state index in [2.05, 4.69) is 6.92 Å². The molecule has 2 N–H and O–H groups in total. The molecule has 0 fully saturated rings. The molecular weight excluding hydrogens is 234 g/mol. The molecule has 0 aliphatic carbocycles. The Bertz CT molecular complexity index is 520. The Morgan fingerprint density at radius 3 is 2.71 bits per heavy atom. The second-order valence-electron chi connectivity index (χ2n) is 5.13. The van der Waals surface area contributed by atoms with Gasteiger partial charge >= 0.3 is 0 Å². The normalized spacial score (nSPS) is 25.2. The van der Waals surface area contributed by atoms with Crippen molar-refractivity contribution in [1.82, 2.24) is 0 Å². The molecule has 1 aromatic rings. The molecule has 0 radical (unpaired) electrons. The predicted molar refractivity (Wildman–Crippen MR) is 68.7 cm³/mol. The van der Waals surface area contributed by atoms with Crippen molar-refractivity contribution in [3.8, 4) is 0 Å². The van der Waals surface area contributed by atoms with Crippen LogP contribution in [0, 0.1) is 0 Å². The van der Waals surface area contributed by atoms with Gasteiger partial charge in [0.1, 0.15) is 0 Å². The van der Waals surface area contributed by atoms with Crippen molar-refractivity contribution in [2.45, 2.75) is 43.0 Å². The van der Waals surface area contributed by atoms with Crippen LogP contribution in [-0.2, 0) is 9.84 Å². The number of hydrogen-bond acceptors (Lipinski definition) is 3. The minimum absolute atomic E-state index is 0.0800. The average Bonchev–Trinajstić information content (AvgIpc) is 2.53. The highest BCUT2D eigenvalue weighted by Crippen LogP contribution is 2.41. The largest absolute Gasteiger partial charge is 0.325 e. The Balaban J connectivity index is 2.49. The fraction of sp³-hybridized carbons (Fsp3) is 0.538. The lowest BCUT2D eigenvalue weighted by Crippen LogP contribution is -2.43. The molecule has 0 aromatic heterocycles. The monoisotopic (exact) mass is 253 g/mol. The van der Waals surface area contributed by atoms with Crippen LogP contribution in [0.1, 0.15) is 38.2 Å². The molecule has 2 atom stereocenters. The molecule has 1 aliphatic heterocycles. The smallest absolute Gasteiger partial charge is 0.179 e. The van der Waals surface area contributed by atoms with Gasteiger partial charge in [-0.15, -0.1) is 0 Å². The van der Waals surface area contributed by atoms with E-state index in [-0.39, 0.29) is 11.7 Å². The molecule has 1 aromatic carbocycles. The Morgan fingerprint density at radius 1 is 1.41 bits per heavy atom. The number of sulfone groups is 1. The molecule has 1 heterocycles. The van der Waals surface area contributed by atoms with E-state index in [0.717, 1.165) is 18.4 Å². The van der Waals surface area contributed by atoms with Gasteiger partial charge in [-0.05, 0) is 25.0 Å². The van der Waals surface area contributed by atoms with Gasteiger partial charge in [0.2, 0.25) is 0 Å². The molecule has 0 amide bonds. The maximum atomic E-state index is 12.1.